The second kappa shape index (κ2) is 10.3. The van der Waals surface area contributed by atoms with Crippen LogP contribution in [-0.2, 0) is 23.9 Å². The minimum atomic E-state index is -1.12. The Morgan fingerprint density at radius 2 is 1.35 bits per heavy atom. The molecule has 0 saturated carbocycles. The van der Waals surface area contributed by atoms with Gasteiger partial charge in [-0.05, 0) is 52.9 Å². The van der Waals surface area contributed by atoms with E-state index in [-0.39, 0.29) is 30.1 Å². The van der Waals surface area contributed by atoms with Gasteiger partial charge >= 0.3 is 5.97 Å². The van der Waals surface area contributed by atoms with E-state index in [4.69, 9.17) is 4.74 Å². The Hall–Kier alpha value is -4.33. The zero-order chi connectivity index (χ0) is 28.0. The van der Waals surface area contributed by atoms with E-state index in [1.807, 2.05) is 55.5 Å². The summed E-state index contributed by atoms with van der Waals surface area (Å²) in [5.74, 6) is -4.28. The van der Waals surface area contributed by atoms with Crippen molar-refractivity contribution in [3.63, 3.8) is 0 Å². The van der Waals surface area contributed by atoms with Crippen molar-refractivity contribution in [3.05, 3.63) is 101 Å². The predicted molar refractivity (Wildman–Crippen MR) is 145 cm³/mol. The average Bonchev–Trinajstić information content (AvgIpc) is 3.23. The molecule has 3 aliphatic carbocycles. The van der Waals surface area contributed by atoms with Gasteiger partial charge in [-0.1, -0.05) is 68.3 Å². The summed E-state index contributed by atoms with van der Waals surface area (Å²) in [5.41, 5.74) is 4.58. The lowest BCUT2D eigenvalue weighted by molar-refractivity contribution is -0.160. The van der Waals surface area contributed by atoms with E-state index in [1.54, 1.807) is 0 Å². The standard InChI is InChI=1S/C32H29FN2O5/c1-2-3-12-24(32(39)40-17-25(36)34-19-15-13-18(33)14-16-19)35-30(37)28-26-20-8-4-5-9-21(20)27(29(28)31(35)38)23-11-7-6-10-22(23)26/h4-11,13-16,24,26-29H,2-3,12,17H2,1H3,(H,34,36)/t24-,26?,27?,28-,29-/m1/s1. The van der Waals surface area contributed by atoms with Crippen LogP contribution < -0.4 is 5.32 Å². The predicted octanol–water partition coefficient (Wildman–Crippen LogP) is 4.76. The molecule has 2 bridgehead atoms. The lowest BCUT2D eigenvalue weighted by atomic mass is 9.55. The van der Waals surface area contributed by atoms with Gasteiger partial charge in [-0.15, -0.1) is 0 Å². The number of hydrogen-bond donors (Lipinski definition) is 1. The molecule has 8 heteroatoms. The van der Waals surface area contributed by atoms with Gasteiger partial charge in [0.15, 0.2) is 6.61 Å². The minimum absolute atomic E-state index is 0.251. The van der Waals surface area contributed by atoms with E-state index >= 15 is 0 Å². The second-order valence-corrected chi connectivity index (χ2v) is 10.6. The monoisotopic (exact) mass is 540 g/mol. The lowest BCUT2D eigenvalue weighted by Gasteiger charge is -2.45. The maximum absolute atomic E-state index is 14.1. The van der Waals surface area contributed by atoms with Gasteiger partial charge in [-0.3, -0.25) is 19.3 Å². The number of imide groups is 1. The van der Waals surface area contributed by atoms with Crippen molar-refractivity contribution in [2.75, 3.05) is 11.9 Å². The number of nitrogens with zero attached hydrogens (tertiary/aromatic N) is 1. The van der Waals surface area contributed by atoms with Crippen LogP contribution in [0.2, 0.25) is 0 Å². The van der Waals surface area contributed by atoms with Crippen LogP contribution in [0.4, 0.5) is 10.1 Å². The highest BCUT2D eigenvalue weighted by atomic mass is 19.1. The lowest BCUT2D eigenvalue weighted by Crippen LogP contribution is -2.47. The third-order valence-corrected chi connectivity index (χ3v) is 8.37. The Balaban J connectivity index is 1.26. The Morgan fingerprint density at radius 3 is 1.82 bits per heavy atom. The fourth-order valence-corrected chi connectivity index (χ4v) is 6.72. The van der Waals surface area contributed by atoms with Gasteiger partial charge in [0.05, 0.1) is 11.8 Å². The molecule has 1 N–H and O–H groups in total. The molecule has 1 fully saturated rings. The van der Waals surface area contributed by atoms with Crippen LogP contribution >= 0.6 is 0 Å². The number of rotatable bonds is 8. The van der Waals surface area contributed by atoms with Crippen molar-refractivity contribution >= 4 is 29.4 Å². The zero-order valence-corrected chi connectivity index (χ0v) is 22.0. The maximum atomic E-state index is 14.1. The first-order valence-corrected chi connectivity index (χ1v) is 13.7. The number of carbonyl (C=O) groups excluding carboxylic acids is 4. The molecule has 0 spiro atoms. The van der Waals surface area contributed by atoms with Crippen LogP contribution in [0.5, 0.6) is 0 Å². The molecule has 0 radical (unpaired) electrons. The van der Waals surface area contributed by atoms with Crippen LogP contribution in [0.15, 0.2) is 72.8 Å². The van der Waals surface area contributed by atoms with Crippen LogP contribution in [0.25, 0.3) is 0 Å². The Morgan fingerprint density at radius 1 is 0.850 bits per heavy atom. The average molecular weight is 541 g/mol. The molecule has 0 unspecified atom stereocenters. The Kier molecular flexibility index (Phi) is 6.70. The fourth-order valence-electron chi connectivity index (χ4n) is 6.72. The summed E-state index contributed by atoms with van der Waals surface area (Å²) >= 11 is 0. The third kappa shape index (κ3) is 4.18. The molecule has 1 aliphatic heterocycles. The van der Waals surface area contributed by atoms with E-state index in [9.17, 15) is 23.6 Å². The van der Waals surface area contributed by atoms with Crippen LogP contribution in [0.1, 0.15) is 60.3 Å². The number of nitrogens with one attached hydrogen (secondary N) is 1. The molecule has 7 nitrogen and oxygen atoms in total. The molecule has 1 heterocycles. The minimum Gasteiger partial charge on any atom is -0.454 e. The highest BCUT2D eigenvalue weighted by Gasteiger charge is 2.63. The first-order chi connectivity index (χ1) is 19.4. The normalized spacial score (nSPS) is 22.8. The van der Waals surface area contributed by atoms with Crippen molar-refractivity contribution in [3.8, 4) is 0 Å². The quantitative estimate of drug-likeness (QED) is 0.329. The molecular weight excluding hydrogens is 511 g/mol. The number of halogens is 1. The second-order valence-electron chi connectivity index (χ2n) is 10.6. The molecule has 1 saturated heterocycles. The van der Waals surface area contributed by atoms with E-state index in [0.29, 0.717) is 12.1 Å². The summed E-state index contributed by atoms with van der Waals surface area (Å²) in [6.45, 7) is 1.36. The van der Waals surface area contributed by atoms with Gasteiger partial charge in [0.25, 0.3) is 5.91 Å². The van der Waals surface area contributed by atoms with Gasteiger partial charge in [0.1, 0.15) is 11.9 Å². The number of amides is 3. The summed E-state index contributed by atoms with van der Waals surface area (Å²) in [7, 11) is 0. The van der Waals surface area contributed by atoms with Crippen molar-refractivity contribution < 1.29 is 28.3 Å². The number of carbonyl (C=O) groups is 4. The van der Waals surface area contributed by atoms with Crippen molar-refractivity contribution in [1.29, 1.82) is 0 Å². The molecular formula is C32H29FN2O5. The van der Waals surface area contributed by atoms with E-state index in [2.05, 4.69) is 5.32 Å². The molecule has 4 aliphatic rings. The SMILES string of the molecule is CCCC[C@H](C(=O)OCC(=O)Nc1ccc(F)cc1)N1C(=O)[C@@H]2C3c4ccccc4C(c4ccccc43)[C@H]2C1=O. The number of esters is 1. The number of ether oxygens (including phenoxy) is 1. The molecule has 3 atom stereocenters. The highest BCUT2D eigenvalue weighted by Crippen LogP contribution is 2.61. The van der Waals surface area contributed by atoms with Gasteiger partial charge in [-0.2, -0.15) is 0 Å². The number of benzene rings is 3. The molecule has 3 aromatic rings. The van der Waals surface area contributed by atoms with Crippen LogP contribution in [0.3, 0.4) is 0 Å². The van der Waals surface area contributed by atoms with Gasteiger partial charge in [0, 0.05) is 17.5 Å². The zero-order valence-electron chi connectivity index (χ0n) is 22.0. The van der Waals surface area contributed by atoms with Gasteiger partial charge < -0.3 is 10.1 Å². The third-order valence-electron chi connectivity index (χ3n) is 8.37. The first-order valence-electron chi connectivity index (χ1n) is 13.7. The number of anilines is 1. The van der Waals surface area contributed by atoms with Crippen molar-refractivity contribution in [2.45, 2.75) is 44.1 Å². The molecule has 3 amide bonds. The van der Waals surface area contributed by atoms with Crippen molar-refractivity contribution in [1.82, 2.24) is 4.90 Å². The summed E-state index contributed by atoms with van der Waals surface area (Å²) in [5, 5.41) is 2.54. The van der Waals surface area contributed by atoms with E-state index in [1.165, 1.54) is 24.3 Å². The summed E-state index contributed by atoms with van der Waals surface area (Å²) < 4.78 is 18.5. The van der Waals surface area contributed by atoms with Crippen molar-refractivity contribution in [2.24, 2.45) is 11.8 Å². The smallest absolute Gasteiger partial charge is 0.329 e. The largest absolute Gasteiger partial charge is 0.454 e. The number of hydrogen-bond acceptors (Lipinski definition) is 5. The number of unbranched alkanes of at least 4 members (excludes halogenated alkanes) is 1. The molecule has 0 aromatic heterocycles. The first kappa shape index (κ1) is 25.9. The fraction of sp³-hybridized carbons (Fsp3) is 0.312. The molecule has 7 rings (SSSR count). The van der Waals surface area contributed by atoms with E-state index in [0.717, 1.165) is 33.6 Å². The molecule has 204 valence electrons. The molecule has 40 heavy (non-hydrogen) atoms. The maximum Gasteiger partial charge on any atom is 0.329 e. The van der Waals surface area contributed by atoms with Gasteiger partial charge in [-0.25, -0.2) is 9.18 Å². The van der Waals surface area contributed by atoms with E-state index < -0.39 is 42.2 Å². The van der Waals surface area contributed by atoms with Crippen LogP contribution in [0, 0.1) is 17.7 Å². The topological polar surface area (TPSA) is 92.8 Å². The molecule has 3 aromatic carbocycles. The van der Waals surface area contributed by atoms with Gasteiger partial charge in [0.2, 0.25) is 11.8 Å². The summed E-state index contributed by atoms with van der Waals surface area (Å²) in [6, 6.07) is 20.0. The summed E-state index contributed by atoms with van der Waals surface area (Å²) in [6.07, 6.45) is 1.60. The highest BCUT2D eigenvalue weighted by molar-refractivity contribution is 6.10. The Labute approximate surface area is 231 Å². The Bertz CT molecular complexity index is 1390. The summed E-state index contributed by atoms with van der Waals surface area (Å²) in [4.78, 5) is 55.0. The number of likely N-dealkylation sites (tertiary alicyclic amines) is 1. The van der Waals surface area contributed by atoms with Crippen LogP contribution in [-0.4, -0.2) is 41.2 Å².